The van der Waals surface area contributed by atoms with Crippen molar-refractivity contribution < 1.29 is 18.7 Å². The van der Waals surface area contributed by atoms with Crippen molar-refractivity contribution in [1.82, 2.24) is 4.57 Å². The largest absolute Gasteiger partial charge is 0.454 e. The molecule has 0 radical (unpaired) electrons. The molecule has 0 fully saturated rings. The molecule has 0 aliphatic carbocycles. The maximum absolute atomic E-state index is 13.1. The van der Waals surface area contributed by atoms with Crippen LogP contribution in [-0.2, 0) is 6.54 Å². The number of thiazole rings is 1. The summed E-state index contributed by atoms with van der Waals surface area (Å²) in [6.07, 6.45) is 1.72. The molecule has 162 valence electrons. The van der Waals surface area contributed by atoms with Crippen LogP contribution in [0.3, 0.4) is 0 Å². The van der Waals surface area contributed by atoms with E-state index in [9.17, 15) is 9.59 Å². The number of aromatic nitrogens is 1. The Hall–Kier alpha value is -4.17. The predicted octanol–water partition coefficient (Wildman–Crippen LogP) is 4.62. The minimum atomic E-state index is -0.719. The zero-order valence-corrected chi connectivity index (χ0v) is 18.1. The Balaban J connectivity index is 1.54. The number of allylic oxidation sites excluding steroid dienone is 1. The van der Waals surface area contributed by atoms with Gasteiger partial charge in [-0.1, -0.05) is 47.7 Å². The second-order valence-corrected chi connectivity index (χ2v) is 8.53. The summed E-state index contributed by atoms with van der Waals surface area (Å²) in [6, 6.07) is 16.6. The molecule has 6 rings (SSSR count). The van der Waals surface area contributed by atoms with Crippen LogP contribution in [0.4, 0.5) is 0 Å². The van der Waals surface area contributed by atoms with Gasteiger partial charge >= 0.3 is 5.63 Å². The Morgan fingerprint density at radius 1 is 1.09 bits per heavy atom. The van der Waals surface area contributed by atoms with E-state index in [0.717, 1.165) is 21.0 Å². The summed E-state index contributed by atoms with van der Waals surface area (Å²) >= 11 is 1.32. The van der Waals surface area contributed by atoms with Crippen LogP contribution < -0.4 is 19.9 Å². The van der Waals surface area contributed by atoms with E-state index in [4.69, 9.17) is 13.9 Å². The molecule has 1 amide bonds. The zero-order valence-electron chi connectivity index (χ0n) is 17.2. The highest BCUT2D eigenvalue weighted by Gasteiger charge is 2.19. The van der Waals surface area contributed by atoms with Crippen LogP contribution in [0.5, 0.6) is 11.5 Å². The van der Waals surface area contributed by atoms with E-state index in [2.05, 4.69) is 11.6 Å². The molecule has 3 aromatic carbocycles. The molecule has 3 heterocycles. The number of fused-ring (bicyclic) bond motifs is 5. The van der Waals surface area contributed by atoms with Crippen molar-refractivity contribution in [3.05, 3.63) is 88.0 Å². The number of hydrogen-bond acceptors (Lipinski definition) is 6. The van der Waals surface area contributed by atoms with E-state index < -0.39 is 11.5 Å². The van der Waals surface area contributed by atoms with Gasteiger partial charge in [-0.2, -0.15) is 4.99 Å². The smallest absolute Gasteiger partial charge is 0.349 e. The fraction of sp³-hybridized carbons (Fsp3) is 0.0800. The molecule has 1 aliphatic rings. The van der Waals surface area contributed by atoms with E-state index >= 15 is 0 Å². The van der Waals surface area contributed by atoms with E-state index in [-0.39, 0.29) is 12.4 Å². The highest BCUT2D eigenvalue weighted by atomic mass is 32.1. The third-order valence-electron chi connectivity index (χ3n) is 5.56. The lowest BCUT2D eigenvalue weighted by Crippen LogP contribution is -2.19. The molecule has 33 heavy (non-hydrogen) atoms. The number of carbonyl (C=O) groups excluding carboxylic acids is 1. The Morgan fingerprint density at radius 2 is 1.91 bits per heavy atom. The van der Waals surface area contributed by atoms with E-state index in [1.54, 1.807) is 18.2 Å². The van der Waals surface area contributed by atoms with Crippen LogP contribution >= 0.6 is 11.3 Å². The van der Waals surface area contributed by atoms with Gasteiger partial charge in [-0.3, -0.25) is 4.79 Å². The van der Waals surface area contributed by atoms with Gasteiger partial charge in [0.05, 0.1) is 10.2 Å². The van der Waals surface area contributed by atoms with Crippen LogP contribution in [0.1, 0.15) is 10.4 Å². The van der Waals surface area contributed by atoms with Crippen molar-refractivity contribution in [2.45, 2.75) is 6.54 Å². The quantitative estimate of drug-likeness (QED) is 0.225. The Kier molecular flexibility index (Phi) is 4.41. The van der Waals surface area contributed by atoms with Crippen molar-refractivity contribution in [2.24, 2.45) is 4.99 Å². The minimum Gasteiger partial charge on any atom is -0.454 e. The average Bonchev–Trinajstić information content (AvgIpc) is 3.41. The summed E-state index contributed by atoms with van der Waals surface area (Å²) in [6.45, 7) is 4.42. The summed E-state index contributed by atoms with van der Waals surface area (Å²) < 4.78 is 19.1. The van der Waals surface area contributed by atoms with Crippen LogP contribution in [0.25, 0.3) is 32.0 Å². The number of carbonyl (C=O) groups is 1. The topological polar surface area (TPSA) is 83.0 Å². The molecule has 0 saturated carbocycles. The number of ether oxygens (including phenoxy) is 2. The highest BCUT2D eigenvalue weighted by Crippen LogP contribution is 2.37. The third-order valence-corrected chi connectivity index (χ3v) is 6.60. The summed E-state index contributed by atoms with van der Waals surface area (Å²) in [5.41, 5.74) is 0.430. The summed E-state index contributed by atoms with van der Waals surface area (Å²) in [5.74, 6) is 0.621. The van der Waals surface area contributed by atoms with Gasteiger partial charge in [-0.15, -0.1) is 6.58 Å². The van der Waals surface area contributed by atoms with Crippen LogP contribution in [0.2, 0.25) is 0 Å². The SMILES string of the molecule is C=CCn1c(=NC(=O)c2cc3c(ccc4ccccc43)oc2=O)sc2cc3c(cc21)OCO3. The van der Waals surface area contributed by atoms with Gasteiger partial charge in [-0.25, -0.2) is 4.79 Å². The number of hydrogen-bond donors (Lipinski definition) is 0. The van der Waals surface area contributed by atoms with E-state index in [0.29, 0.717) is 33.8 Å². The van der Waals surface area contributed by atoms with Crippen molar-refractivity contribution in [2.75, 3.05) is 6.79 Å². The van der Waals surface area contributed by atoms with Gasteiger partial charge < -0.3 is 18.5 Å². The molecular weight excluding hydrogens is 440 g/mol. The Labute approximate surface area is 190 Å². The van der Waals surface area contributed by atoms with Gasteiger partial charge in [0.1, 0.15) is 11.1 Å². The van der Waals surface area contributed by atoms with Gasteiger partial charge in [0, 0.05) is 24.1 Å². The molecule has 8 heteroatoms. The van der Waals surface area contributed by atoms with Gasteiger partial charge in [0.25, 0.3) is 5.91 Å². The Morgan fingerprint density at radius 3 is 2.76 bits per heavy atom. The molecule has 7 nitrogen and oxygen atoms in total. The van der Waals surface area contributed by atoms with Gasteiger partial charge in [-0.05, 0) is 22.9 Å². The lowest BCUT2D eigenvalue weighted by atomic mass is 10.0. The van der Waals surface area contributed by atoms with Crippen molar-refractivity contribution in [3.8, 4) is 11.5 Å². The number of nitrogens with zero attached hydrogens (tertiary/aromatic N) is 2. The second kappa shape index (κ2) is 7.46. The maximum atomic E-state index is 13.1. The summed E-state index contributed by atoms with van der Waals surface area (Å²) in [7, 11) is 0. The number of rotatable bonds is 3. The van der Waals surface area contributed by atoms with Crippen LogP contribution in [0.15, 0.2) is 81.5 Å². The standard InChI is InChI=1S/C25H16N2O5S/c1-2-9-27-18-11-20-21(31-13-30-20)12-22(18)33-25(27)26-23(28)17-10-16-15-6-4-3-5-14(15)7-8-19(16)32-24(17)29/h2-8,10-12H,1,9,13H2. The highest BCUT2D eigenvalue weighted by molar-refractivity contribution is 7.16. The average molecular weight is 456 g/mol. The van der Waals surface area contributed by atoms with Gasteiger partial charge in [0.2, 0.25) is 6.79 Å². The summed E-state index contributed by atoms with van der Waals surface area (Å²) in [5, 5.41) is 2.57. The van der Waals surface area contributed by atoms with E-state index in [1.807, 2.05) is 47.0 Å². The molecule has 0 N–H and O–H groups in total. The zero-order chi connectivity index (χ0) is 22.5. The second-order valence-electron chi connectivity index (χ2n) is 7.52. The van der Waals surface area contributed by atoms with Gasteiger partial charge in [0.15, 0.2) is 16.3 Å². The molecule has 5 aromatic rings. The monoisotopic (exact) mass is 456 g/mol. The fourth-order valence-corrected chi connectivity index (χ4v) is 5.07. The van der Waals surface area contributed by atoms with Crippen LogP contribution in [-0.4, -0.2) is 17.3 Å². The molecule has 1 aliphatic heterocycles. The molecule has 0 bridgehead atoms. The normalized spacial score (nSPS) is 13.3. The molecule has 0 spiro atoms. The maximum Gasteiger partial charge on any atom is 0.349 e. The predicted molar refractivity (Wildman–Crippen MR) is 126 cm³/mol. The molecule has 2 aromatic heterocycles. The first-order valence-electron chi connectivity index (χ1n) is 10.2. The lowest BCUT2D eigenvalue weighted by molar-refractivity contribution is 0.0994. The van der Waals surface area contributed by atoms with Crippen molar-refractivity contribution in [1.29, 1.82) is 0 Å². The Bertz CT molecular complexity index is 1740. The summed E-state index contributed by atoms with van der Waals surface area (Å²) in [4.78, 5) is 30.5. The minimum absolute atomic E-state index is 0.115. The van der Waals surface area contributed by atoms with E-state index in [1.165, 1.54) is 11.3 Å². The number of benzene rings is 3. The van der Waals surface area contributed by atoms with Crippen molar-refractivity contribution >= 4 is 49.2 Å². The first kappa shape index (κ1) is 19.5. The molecule has 0 atom stereocenters. The first-order chi connectivity index (χ1) is 16.1. The fourth-order valence-electron chi connectivity index (χ4n) is 4.02. The number of amides is 1. The third kappa shape index (κ3) is 3.15. The first-order valence-corrected chi connectivity index (χ1v) is 11.0. The lowest BCUT2D eigenvalue weighted by Gasteiger charge is -2.04. The molecule has 0 saturated heterocycles. The molecule has 0 unspecified atom stereocenters. The van der Waals surface area contributed by atoms with Crippen LogP contribution in [0, 0.1) is 0 Å². The van der Waals surface area contributed by atoms with Crippen molar-refractivity contribution in [3.63, 3.8) is 0 Å². The molecular formula is C25H16N2O5S.